The highest BCUT2D eigenvalue weighted by molar-refractivity contribution is 14.1. The molecule has 0 unspecified atom stereocenters. The summed E-state index contributed by atoms with van der Waals surface area (Å²) in [5.41, 5.74) is 1.63. The minimum atomic E-state index is -0.184. The number of ether oxygens (including phenoxy) is 2. The lowest BCUT2D eigenvalue weighted by Crippen LogP contribution is -2.07. The molecular weight excluding hydrogens is 393 g/mol. The van der Waals surface area contributed by atoms with E-state index >= 15 is 0 Å². The summed E-state index contributed by atoms with van der Waals surface area (Å²) in [5, 5.41) is 2.82. The highest BCUT2D eigenvalue weighted by Gasteiger charge is 2.03. The van der Waals surface area contributed by atoms with Gasteiger partial charge < -0.3 is 14.8 Å². The predicted molar refractivity (Wildman–Crippen MR) is 96.4 cm³/mol. The van der Waals surface area contributed by atoms with Gasteiger partial charge in [0.15, 0.2) is 11.5 Å². The summed E-state index contributed by atoms with van der Waals surface area (Å²) in [7, 11) is 3.16. The van der Waals surface area contributed by atoms with E-state index in [-0.39, 0.29) is 5.91 Å². The molecule has 22 heavy (non-hydrogen) atoms. The highest BCUT2D eigenvalue weighted by Crippen LogP contribution is 2.27. The molecule has 1 N–H and O–H groups in total. The molecule has 114 valence electrons. The first-order valence-corrected chi connectivity index (χ1v) is 7.67. The van der Waals surface area contributed by atoms with Gasteiger partial charge in [0.2, 0.25) is 5.91 Å². The first-order chi connectivity index (χ1) is 10.6. The van der Waals surface area contributed by atoms with Crippen LogP contribution in [-0.2, 0) is 4.79 Å². The van der Waals surface area contributed by atoms with Crippen LogP contribution in [0.5, 0.6) is 11.5 Å². The van der Waals surface area contributed by atoms with E-state index in [1.165, 1.54) is 6.08 Å². The molecule has 0 aliphatic rings. The van der Waals surface area contributed by atoms with Crippen LogP contribution >= 0.6 is 22.6 Å². The maximum Gasteiger partial charge on any atom is 0.248 e. The van der Waals surface area contributed by atoms with Crippen LogP contribution in [0.25, 0.3) is 6.08 Å². The normalized spacial score (nSPS) is 10.5. The van der Waals surface area contributed by atoms with Crippen molar-refractivity contribution in [1.29, 1.82) is 0 Å². The molecule has 0 atom stereocenters. The minimum Gasteiger partial charge on any atom is -0.493 e. The highest BCUT2D eigenvalue weighted by atomic mass is 127. The third-order valence-electron chi connectivity index (χ3n) is 2.93. The molecule has 0 bridgehead atoms. The summed E-state index contributed by atoms with van der Waals surface area (Å²) < 4.78 is 11.5. The van der Waals surface area contributed by atoms with Gasteiger partial charge in [-0.1, -0.05) is 12.1 Å². The van der Waals surface area contributed by atoms with Crippen LogP contribution in [0.1, 0.15) is 5.56 Å². The van der Waals surface area contributed by atoms with Crippen LogP contribution in [0, 0.1) is 3.57 Å². The SMILES string of the molecule is COc1ccc(C=CC(=O)Nc2cccc(I)c2)cc1OC. The first kappa shape index (κ1) is 16.4. The van der Waals surface area contributed by atoms with Crippen molar-refractivity contribution in [2.75, 3.05) is 19.5 Å². The van der Waals surface area contributed by atoms with Crippen molar-refractivity contribution in [3.63, 3.8) is 0 Å². The van der Waals surface area contributed by atoms with Crippen molar-refractivity contribution >= 4 is 40.3 Å². The second-order valence-corrected chi connectivity index (χ2v) is 5.69. The average molecular weight is 409 g/mol. The maximum atomic E-state index is 11.9. The fourth-order valence-electron chi connectivity index (χ4n) is 1.88. The lowest BCUT2D eigenvalue weighted by atomic mass is 10.2. The zero-order valence-electron chi connectivity index (χ0n) is 12.3. The molecule has 0 radical (unpaired) electrons. The van der Waals surface area contributed by atoms with E-state index in [1.807, 2.05) is 36.4 Å². The number of carbonyl (C=O) groups excluding carboxylic acids is 1. The van der Waals surface area contributed by atoms with Gasteiger partial charge in [-0.25, -0.2) is 0 Å². The Bertz CT molecular complexity index is 698. The molecule has 4 nitrogen and oxygen atoms in total. The molecule has 0 fully saturated rings. The van der Waals surface area contributed by atoms with Crippen molar-refractivity contribution in [3.8, 4) is 11.5 Å². The van der Waals surface area contributed by atoms with E-state index in [2.05, 4.69) is 27.9 Å². The number of methoxy groups -OCH3 is 2. The van der Waals surface area contributed by atoms with E-state index in [0.29, 0.717) is 11.5 Å². The lowest BCUT2D eigenvalue weighted by Gasteiger charge is -2.07. The molecule has 2 aromatic rings. The van der Waals surface area contributed by atoms with Crippen LogP contribution in [0.4, 0.5) is 5.69 Å². The Labute approximate surface area is 143 Å². The van der Waals surface area contributed by atoms with Gasteiger partial charge in [0.05, 0.1) is 14.2 Å². The molecule has 2 aromatic carbocycles. The molecule has 0 aromatic heterocycles. The molecule has 2 rings (SSSR count). The fourth-order valence-corrected chi connectivity index (χ4v) is 2.42. The largest absolute Gasteiger partial charge is 0.493 e. The van der Waals surface area contributed by atoms with Gasteiger partial charge in [-0.2, -0.15) is 0 Å². The summed E-state index contributed by atoms with van der Waals surface area (Å²) in [6.07, 6.45) is 3.21. The Kier molecular flexibility index (Phi) is 5.83. The van der Waals surface area contributed by atoms with Gasteiger partial charge in [0.1, 0.15) is 0 Å². The van der Waals surface area contributed by atoms with Gasteiger partial charge >= 0.3 is 0 Å². The molecule has 0 aliphatic heterocycles. The Morgan fingerprint density at radius 3 is 2.55 bits per heavy atom. The Balaban J connectivity index is 2.06. The van der Waals surface area contributed by atoms with Crippen LogP contribution in [0.15, 0.2) is 48.5 Å². The van der Waals surface area contributed by atoms with Gasteiger partial charge in [0.25, 0.3) is 0 Å². The quantitative estimate of drug-likeness (QED) is 0.601. The average Bonchev–Trinajstić information content (AvgIpc) is 2.52. The monoisotopic (exact) mass is 409 g/mol. The van der Waals surface area contributed by atoms with Crippen LogP contribution in [-0.4, -0.2) is 20.1 Å². The van der Waals surface area contributed by atoms with Crippen molar-refractivity contribution < 1.29 is 14.3 Å². The molecular formula is C17H16INO3. The Morgan fingerprint density at radius 1 is 1.09 bits per heavy atom. The number of rotatable bonds is 5. The number of hydrogen-bond acceptors (Lipinski definition) is 3. The summed E-state index contributed by atoms with van der Waals surface area (Å²) in [6.45, 7) is 0. The third-order valence-corrected chi connectivity index (χ3v) is 3.60. The minimum absolute atomic E-state index is 0.184. The summed E-state index contributed by atoms with van der Waals surface area (Å²) in [6, 6.07) is 13.1. The fraction of sp³-hybridized carbons (Fsp3) is 0.118. The van der Waals surface area contributed by atoms with Crippen molar-refractivity contribution in [2.45, 2.75) is 0 Å². The van der Waals surface area contributed by atoms with Crippen LogP contribution < -0.4 is 14.8 Å². The lowest BCUT2D eigenvalue weighted by molar-refractivity contribution is -0.111. The van der Waals surface area contributed by atoms with Gasteiger partial charge in [-0.15, -0.1) is 0 Å². The van der Waals surface area contributed by atoms with Crippen LogP contribution in [0.3, 0.4) is 0 Å². The van der Waals surface area contributed by atoms with Gasteiger partial charge in [0, 0.05) is 15.3 Å². The zero-order chi connectivity index (χ0) is 15.9. The van der Waals surface area contributed by atoms with Crippen molar-refractivity contribution in [2.24, 2.45) is 0 Å². The summed E-state index contributed by atoms with van der Waals surface area (Å²) >= 11 is 2.20. The van der Waals surface area contributed by atoms with Gasteiger partial charge in [-0.3, -0.25) is 4.79 Å². The van der Waals surface area contributed by atoms with Crippen LogP contribution in [0.2, 0.25) is 0 Å². The topological polar surface area (TPSA) is 47.6 Å². The molecule has 0 heterocycles. The molecule has 0 saturated heterocycles. The number of carbonyl (C=O) groups is 1. The number of benzene rings is 2. The van der Waals surface area contributed by atoms with E-state index in [4.69, 9.17) is 9.47 Å². The molecule has 1 amide bonds. The number of amides is 1. The second kappa shape index (κ2) is 7.84. The number of hydrogen-bond donors (Lipinski definition) is 1. The first-order valence-electron chi connectivity index (χ1n) is 6.59. The summed E-state index contributed by atoms with van der Waals surface area (Å²) in [4.78, 5) is 11.9. The Hall–Kier alpha value is -2.02. The molecule has 0 aliphatic carbocycles. The molecule has 0 saturated carbocycles. The maximum absolute atomic E-state index is 11.9. The number of halogens is 1. The number of anilines is 1. The summed E-state index contributed by atoms with van der Waals surface area (Å²) in [5.74, 6) is 1.10. The number of nitrogens with one attached hydrogen (secondary N) is 1. The smallest absolute Gasteiger partial charge is 0.248 e. The zero-order valence-corrected chi connectivity index (χ0v) is 14.5. The third kappa shape index (κ3) is 4.49. The Morgan fingerprint density at radius 2 is 1.86 bits per heavy atom. The molecule has 5 heteroatoms. The standard InChI is InChI=1S/C17H16INO3/c1-21-15-8-6-12(10-16(15)22-2)7-9-17(20)19-14-5-3-4-13(18)11-14/h3-11H,1-2H3,(H,19,20). The van der Waals surface area contributed by atoms with Crippen molar-refractivity contribution in [1.82, 2.24) is 0 Å². The second-order valence-electron chi connectivity index (χ2n) is 4.45. The molecule has 0 spiro atoms. The van der Waals surface area contributed by atoms with E-state index in [1.54, 1.807) is 26.4 Å². The van der Waals surface area contributed by atoms with Crippen molar-refractivity contribution in [3.05, 3.63) is 57.7 Å². The predicted octanol–water partition coefficient (Wildman–Crippen LogP) is 3.96. The van der Waals surface area contributed by atoms with E-state index in [0.717, 1.165) is 14.8 Å². The van der Waals surface area contributed by atoms with E-state index < -0.39 is 0 Å². The van der Waals surface area contributed by atoms with Gasteiger partial charge in [-0.05, 0) is 64.6 Å². The van der Waals surface area contributed by atoms with E-state index in [9.17, 15) is 4.79 Å².